The molecule has 0 bridgehead atoms. The molecule has 0 aliphatic heterocycles. The number of carbonyl (C=O) groups excluding carboxylic acids is 2. The number of benzene rings is 2. The van der Waals surface area contributed by atoms with Crippen molar-refractivity contribution in [3.8, 4) is 0 Å². The van der Waals surface area contributed by atoms with E-state index in [9.17, 15) is 18.0 Å². The molecule has 3 aromatic rings. The number of nitrogens with two attached hydrogens (primary N) is 1. The fourth-order valence-corrected chi connectivity index (χ4v) is 2.91. The molecule has 1 heterocycles. The van der Waals surface area contributed by atoms with Crippen molar-refractivity contribution < 1.29 is 22.4 Å². The fourth-order valence-electron chi connectivity index (χ4n) is 2.39. The maximum absolute atomic E-state index is 12.0. The van der Waals surface area contributed by atoms with Gasteiger partial charge in [0.05, 0.1) is 11.2 Å². The number of carbonyl (C=O) groups is 2. The maximum Gasteiger partial charge on any atom is 0.319 e. The Balaban J connectivity index is 1.49. The summed E-state index contributed by atoms with van der Waals surface area (Å²) in [5.41, 5.74) is 1.83. The number of hydrogen-bond acceptors (Lipinski definition) is 5. The number of sulfonamides is 1. The summed E-state index contributed by atoms with van der Waals surface area (Å²) in [4.78, 5) is 23.9. The number of anilines is 2. The normalized spacial score (nSPS) is 10.9. The zero-order chi connectivity index (χ0) is 20.9. The lowest BCUT2D eigenvalue weighted by Gasteiger charge is -2.09. The molecule has 0 aliphatic carbocycles. The summed E-state index contributed by atoms with van der Waals surface area (Å²) >= 11 is 0. The van der Waals surface area contributed by atoms with E-state index in [0.717, 1.165) is 5.56 Å². The van der Waals surface area contributed by atoms with Crippen LogP contribution in [0.2, 0.25) is 0 Å². The second-order valence-corrected chi connectivity index (χ2v) is 7.57. The molecule has 9 nitrogen and oxygen atoms in total. The number of primary sulfonamides is 1. The van der Waals surface area contributed by atoms with Crippen LogP contribution < -0.4 is 21.1 Å². The zero-order valence-corrected chi connectivity index (χ0v) is 15.9. The number of amides is 3. The minimum Gasteiger partial charge on any atom is -0.459 e. The van der Waals surface area contributed by atoms with E-state index < -0.39 is 16.1 Å². The molecule has 0 atom stereocenters. The molecule has 5 N–H and O–H groups in total. The minimum absolute atomic E-state index is 0.0392. The van der Waals surface area contributed by atoms with E-state index in [1.54, 1.807) is 36.4 Å². The number of nitrogens with one attached hydrogen (secondary N) is 3. The molecule has 0 saturated carbocycles. The molecule has 150 valence electrons. The molecule has 3 rings (SSSR count). The van der Waals surface area contributed by atoms with E-state index in [1.807, 2.05) is 0 Å². The molecule has 3 amide bonds. The Kier molecular flexibility index (Phi) is 5.96. The predicted molar refractivity (Wildman–Crippen MR) is 107 cm³/mol. The summed E-state index contributed by atoms with van der Waals surface area (Å²) in [7, 11) is -3.78. The predicted octanol–water partition coefficient (Wildman–Crippen LogP) is 2.50. The summed E-state index contributed by atoms with van der Waals surface area (Å²) in [6, 6.07) is 15.2. The highest BCUT2D eigenvalue weighted by atomic mass is 32.2. The van der Waals surface area contributed by atoms with Gasteiger partial charge < -0.3 is 20.4 Å². The van der Waals surface area contributed by atoms with Gasteiger partial charge in [0.15, 0.2) is 5.76 Å². The third-order valence-electron chi connectivity index (χ3n) is 3.85. The Morgan fingerprint density at radius 3 is 2.10 bits per heavy atom. The fraction of sp³-hybridized carbons (Fsp3) is 0.0526. The van der Waals surface area contributed by atoms with Crippen LogP contribution in [0.1, 0.15) is 16.1 Å². The van der Waals surface area contributed by atoms with Crippen LogP contribution in [0, 0.1) is 0 Å². The summed E-state index contributed by atoms with van der Waals surface area (Å²) in [5, 5.41) is 13.0. The van der Waals surface area contributed by atoms with Gasteiger partial charge in [-0.2, -0.15) is 0 Å². The van der Waals surface area contributed by atoms with Gasteiger partial charge >= 0.3 is 6.03 Å². The molecule has 0 aliphatic rings. The molecular formula is C19H18N4O5S. The molecular weight excluding hydrogens is 396 g/mol. The van der Waals surface area contributed by atoms with Crippen molar-refractivity contribution in [2.75, 3.05) is 10.6 Å². The standard InChI is InChI=1S/C19H18N4O5S/c20-29(26,27)16-9-7-15(8-10-16)23-19(25)21-12-13-3-5-14(6-4-13)22-18(24)17-2-1-11-28-17/h1-11H,12H2,(H,22,24)(H2,20,26,27)(H2,21,23,25). The molecule has 0 unspecified atom stereocenters. The molecule has 0 spiro atoms. The molecule has 2 aromatic carbocycles. The molecule has 0 radical (unpaired) electrons. The van der Waals surface area contributed by atoms with Gasteiger partial charge in [-0.05, 0) is 54.1 Å². The van der Waals surface area contributed by atoms with Gasteiger partial charge in [0, 0.05) is 17.9 Å². The van der Waals surface area contributed by atoms with E-state index in [1.165, 1.54) is 30.5 Å². The quantitative estimate of drug-likeness (QED) is 0.490. The van der Waals surface area contributed by atoms with Crippen molar-refractivity contribution in [2.45, 2.75) is 11.4 Å². The average molecular weight is 414 g/mol. The summed E-state index contributed by atoms with van der Waals surface area (Å²) in [6.45, 7) is 0.257. The van der Waals surface area contributed by atoms with Gasteiger partial charge in [0.2, 0.25) is 10.0 Å². The van der Waals surface area contributed by atoms with Crippen LogP contribution in [0.3, 0.4) is 0 Å². The van der Waals surface area contributed by atoms with Crippen molar-refractivity contribution in [1.29, 1.82) is 0 Å². The zero-order valence-electron chi connectivity index (χ0n) is 15.1. The number of rotatable bonds is 6. The van der Waals surface area contributed by atoms with Crippen LogP contribution in [-0.2, 0) is 16.6 Å². The molecule has 29 heavy (non-hydrogen) atoms. The van der Waals surface area contributed by atoms with Crippen molar-refractivity contribution in [2.24, 2.45) is 5.14 Å². The first kappa shape index (κ1) is 20.1. The van der Waals surface area contributed by atoms with E-state index in [2.05, 4.69) is 16.0 Å². The van der Waals surface area contributed by atoms with Gasteiger partial charge in [-0.1, -0.05) is 12.1 Å². The highest BCUT2D eigenvalue weighted by molar-refractivity contribution is 7.89. The Morgan fingerprint density at radius 2 is 1.52 bits per heavy atom. The van der Waals surface area contributed by atoms with Crippen molar-refractivity contribution in [3.05, 3.63) is 78.3 Å². The van der Waals surface area contributed by atoms with E-state index in [0.29, 0.717) is 11.4 Å². The summed E-state index contributed by atoms with van der Waals surface area (Å²) in [6.07, 6.45) is 1.42. The van der Waals surface area contributed by atoms with E-state index in [-0.39, 0.29) is 23.1 Å². The Labute approximate surface area is 167 Å². The summed E-state index contributed by atoms with van der Waals surface area (Å²) in [5.74, 6) is -0.141. The van der Waals surface area contributed by atoms with Crippen molar-refractivity contribution in [1.82, 2.24) is 5.32 Å². The highest BCUT2D eigenvalue weighted by Gasteiger charge is 2.09. The second kappa shape index (κ2) is 8.59. The SMILES string of the molecule is NS(=O)(=O)c1ccc(NC(=O)NCc2ccc(NC(=O)c3ccco3)cc2)cc1. The number of furan rings is 1. The first-order valence-electron chi connectivity index (χ1n) is 8.43. The van der Waals surface area contributed by atoms with Crippen LogP contribution in [0.5, 0.6) is 0 Å². The maximum atomic E-state index is 12.0. The summed E-state index contributed by atoms with van der Waals surface area (Å²) < 4.78 is 27.5. The smallest absolute Gasteiger partial charge is 0.319 e. The van der Waals surface area contributed by atoms with Crippen molar-refractivity contribution >= 4 is 33.3 Å². The first-order chi connectivity index (χ1) is 13.8. The highest BCUT2D eigenvalue weighted by Crippen LogP contribution is 2.14. The Bertz CT molecular complexity index is 1090. The molecule has 10 heteroatoms. The van der Waals surface area contributed by atoms with Gasteiger partial charge in [-0.25, -0.2) is 18.4 Å². The van der Waals surface area contributed by atoms with Crippen LogP contribution in [0.15, 0.2) is 76.2 Å². The van der Waals surface area contributed by atoms with Crippen molar-refractivity contribution in [3.63, 3.8) is 0 Å². The second-order valence-electron chi connectivity index (χ2n) is 6.01. The molecule has 1 aromatic heterocycles. The molecule has 0 saturated heterocycles. The van der Waals surface area contributed by atoms with Crippen LogP contribution in [0.25, 0.3) is 0 Å². The topological polar surface area (TPSA) is 144 Å². The monoisotopic (exact) mass is 414 g/mol. The lowest BCUT2D eigenvalue weighted by Crippen LogP contribution is -2.28. The first-order valence-corrected chi connectivity index (χ1v) is 9.97. The lowest BCUT2D eigenvalue weighted by molar-refractivity contribution is 0.0996. The lowest BCUT2D eigenvalue weighted by atomic mass is 10.2. The van der Waals surface area contributed by atoms with E-state index >= 15 is 0 Å². The third kappa shape index (κ3) is 5.67. The van der Waals surface area contributed by atoms with Crippen LogP contribution in [-0.4, -0.2) is 20.4 Å². The average Bonchev–Trinajstić information content (AvgIpc) is 3.22. The number of hydrogen-bond donors (Lipinski definition) is 4. The largest absolute Gasteiger partial charge is 0.459 e. The molecule has 0 fully saturated rings. The number of urea groups is 1. The van der Waals surface area contributed by atoms with Gasteiger partial charge in [0.25, 0.3) is 5.91 Å². The van der Waals surface area contributed by atoms with E-state index in [4.69, 9.17) is 9.56 Å². The Hall–Kier alpha value is -3.63. The van der Waals surface area contributed by atoms with Gasteiger partial charge in [0.1, 0.15) is 0 Å². The van der Waals surface area contributed by atoms with Gasteiger partial charge in [-0.3, -0.25) is 4.79 Å². The van der Waals surface area contributed by atoms with Gasteiger partial charge in [-0.15, -0.1) is 0 Å². The Morgan fingerprint density at radius 1 is 0.897 bits per heavy atom. The van der Waals surface area contributed by atoms with Crippen LogP contribution in [0.4, 0.5) is 16.2 Å². The minimum atomic E-state index is -3.78. The third-order valence-corrected chi connectivity index (χ3v) is 4.78. The van der Waals surface area contributed by atoms with Crippen LogP contribution >= 0.6 is 0 Å².